The van der Waals surface area contributed by atoms with Gasteiger partial charge in [-0.15, -0.1) is 12.4 Å². The van der Waals surface area contributed by atoms with E-state index in [4.69, 9.17) is 0 Å². The van der Waals surface area contributed by atoms with E-state index >= 15 is 0 Å². The van der Waals surface area contributed by atoms with Crippen LogP contribution in [0.2, 0.25) is 0 Å². The molecule has 1 aliphatic rings. The molecule has 22 heavy (non-hydrogen) atoms. The third-order valence-electron chi connectivity index (χ3n) is 3.93. The van der Waals surface area contributed by atoms with Gasteiger partial charge in [0, 0.05) is 24.6 Å². The van der Waals surface area contributed by atoms with Gasteiger partial charge < -0.3 is 16.0 Å². The number of halogens is 1. The zero-order valence-corrected chi connectivity index (χ0v) is 13.8. The van der Waals surface area contributed by atoms with Crippen LogP contribution in [0.3, 0.4) is 0 Å². The highest BCUT2D eigenvalue weighted by molar-refractivity contribution is 5.94. The molecule has 5 nitrogen and oxygen atoms in total. The third kappa shape index (κ3) is 4.71. The van der Waals surface area contributed by atoms with Crippen LogP contribution in [-0.2, 0) is 11.3 Å². The molecular weight excluding hydrogens is 302 g/mol. The lowest BCUT2D eigenvalue weighted by atomic mass is 9.88. The molecule has 1 heterocycles. The summed E-state index contributed by atoms with van der Waals surface area (Å²) in [4.78, 5) is 23.8. The fourth-order valence-electron chi connectivity index (χ4n) is 2.31. The molecular formula is C16H24ClN3O2. The predicted molar refractivity (Wildman–Crippen MR) is 89.1 cm³/mol. The molecule has 0 aliphatic carbocycles. The number of nitrogens with one attached hydrogen (secondary N) is 3. The molecule has 1 atom stereocenters. The summed E-state index contributed by atoms with van der Waals surface area (Å²) in [5, 5.41) is 8.89. The molecule has 1 unspecified atom stereocenters. The lowest BCUT2D eigenvalue weighted by Gasteiger charge is -2.31. The first kappa shape index (κ1) is 18.5. The maximum absolute atomic E-state index is 12.1. The smallest absolute Gasteiger partial charge is 0.251 e. The van der Waals surface area contributed by atoms with Gasteiger partial charge in [0.1, 0.15) is 0 Å². The SMILES string of the molecule is CCNC(=O)c1cccc(CNC(=O)C(C)C2CNC2)c1.Cl. The average Bonchev–Trinajstić information content (AvgIpc) is 2.43. The van der Waals surface area contributed by atoms with E-state index in [2.05, 4.69) is 16.0 Å². The largest absolute Gasteiger partial charge is 0.352 e. The van der Waals surface area contributed by atoms with Crippen molar-refractivity contribution in [2.75, 3.05) is 19.6 Å². The lowest BCUT2D eigenvalue weighted by Crippen LogP contribution is -2.49. The van der Waals surface area contributed by atoms with Gasteiger partial charge in [0.15, 0.2) is 0 Å². The van der Waals surface area contributed by atoms with Gasteiger partial charge in [0.05, 0.1) is 0 Å². The Morgan fingerprint density at radius 3 is 2.64 bits per heavy atom. The minimum atomic E-state index is -0.0837. The molecule has 1 aromatic rings. The Labute approximate surface area is 137 Å². The van der Waals surface area contributed by atoms with Gasteiger partial charge in [0.25, 0.3) is 5.91 Å². The second-order valence-electron chi connectivity index (χ2n) is 5.48. The Balaban J connectivity index is 0.00000242. The summed E-state index contributed by atoms with van der Waals surface area (Å²) in [6.07, 6.45) is 0. The Morgan fingerprint density at radius 1 is 1.32 bits per heavy atom. The van der Waals surface area contributed by atoms with E-state index in [-0.39, 0.29) is 30.1 Å². The number of benzene rings is 1. The van der Waals surface area contributed by atoms with Gasteiger partial charge in [-0.1, -0.05) is 19.1 Å². The van der Waals surface area contributed by atoms with Crippen molar-refractivity contribution < 1.29 is 9.59 Å². The summed E-state index contributed by atoms with van der Waals surface area (Å²) in [7, 11) is 0. The molecule has 2 rings (SSSR count). The van der Waals surface area contributed by atoms with Crippen LogP contribution in [0.25, 0.3) is 0 Å². The molecule has 1 fully saturated rings. The number of carbonyl (C=O) groups excluding carboxylic acids is 2. The van der Waals surface area contributed by atoms with E-state index in [1.165, 1.54) is 0 Å². The summed E-state index contributed by atoms with van der Waals surface area (Å²) < 4.78 is 0. The second kappa shape index (κ2) is 8.76. The van der Waals surface area contributed by atoms with Crippen molar-refractivity contribution >= 4 is 24.2 Å². The quantitative estimate of drug-likeness (QED) is 0.739. The zero-order valence-electron chi connectivity index (χ0n) is 13.0. The molecule has 2 amide bonds. The fraction of sp³-hybridized carbons (Fsp3) is 0.500. The van der Waals surface area contributed by atoms with Gasteiger partial charge >= 0.3 is 0 Å². The van der Waals surface area contributed by atoms with Crippen molar-refractivity contribution in [2.24, 2.45) is 11.8 Å². The molecule has 0 aromatic heterocycles. The van der Waals surface area contributed by atoms with Gasteiger partial charge in [0.2, 0.25) is 5.91 Å². The van der Waals surface area contributed by atoms with Gasteiger partial charge in [-0.2, -0.15) is 0 Å². The summed E-state index contributed by atoms with van der Waals surface area (Å²) in [6, 6.07) is 7.35. The summed E-state index contributed by atoms with van der Waals surface area (Å²) in [5.74, 6) is 0.453. The number of hydrogen-bond donors (Lipinski definition) is 3. The minimum Gasteiger partial charge on any atom is -0.352 e. The van der Waals surface area contributed by atoms with Crippen LogP contribution in [0.15, 0.2) is 24.3 Å². The van der Waals surface area contributed by atoms with Crippen LogP contribution in [0.4, 0.5) is 0 Å². The Hall–Kier alpha value is -1.59. The molecule has 1 aliphatic heterocycles. The minimum absolute atomic E-state index is 0. The maximum Gasteiger partial charge on any atom is 0.251 e. The van der Waals surface area contributed by atoms with Crippen LogP contribution in [0.5, 0.6) is 0 Å². The van der Waals surface area contributed by atoms with Crippen molar-refractivity contribution in [1.82, 2.24) is 16.0 Å². The van der Waals surface area contributed by atoms with E-state index in [1.54, 1.807) is 6.07 Å². The van der Waals surface area contributed by atoms with Crippen molar-refractivity contribution in [3.63, 3.8) is 0 Å². The molecule has 3 N–H and O–H groups in total. The van der Waals surface area contributed by atoms with Gasteiger partial charge in [-0.05, 0) is 43.6 Å². The third-order valence-corrected chi connectivity index (χ3v) is 3.93. The number of rotatable bonds is 6. The average molecular weight is 326 g/mol. The van der Waals surface area contributed by atoms with Crippen LogP contribution in [0.1, 0.15) is 29.8 Å². The number of amides is 2. The van der Waals surface area contributed by atoms with E-state index < -0.39 is 0 Å². The topological polar surface area (TPSA) is 70.2 Å². The monoisotopic (exact) mass is 325 g/mol. The highest BCUT2D eigenvalue weighted by Crippen LogP contribution is 2.16. The number of carbonyl (C=O) groups is 2. The first-order chi connectivity index (χ1) is 10.1. The Morgan fingerprint density at radius 2 is 2.05 bits per heavy atom. The number of hydrogen-bond acceptors (Lipinski definition) is 3. The highest BCUT2D eigenvalue weighted by Gasteiger charge is 2.28. The predicted octanol–water partition coefficient (Wildman–Crippen LogP) is 1.33. The van der Waals surface area contributed by atoms with Gasteiger partial charge in [-0.3, -0.25) is 9.59 Å². The molecule has 0 saturated carbocycles. The molecule has 1 aromatic carbocycles. The lowest BCUT2D eigenvalue weighted by molar-refractivity contribution is -0.126. The molecule has 0 bridgehead atoms. The highest BCUT2D eigenvalue weighted by atomic mass is 35.5. The van der Waals surface area contributed by atoms with Crippen molar-refractivity contribution in [2.45, 2.75) is 20.4 Å². The van der Waals surface area contributed by atoms with E-state index in [0.29, 0.717) is 24.6 Å². The molecule has 122 valence electrons. The zero-order chi connectivity index (χ0) is 15.2. The second-order valence-corrected chi connectivity index (χ2v) is 5.48. The van der Waals surface area contributed by atoms with Crippen LogP contribution in [0, 0.1) is 11.8 Å². The van der Waals surface area contributed by atoms with E-state index in [9.17, 15) is 9.59 Å². The molecule has 0 radical (unpaired) electrons. The summed E-state index contributed by atoms with van der Waals surface area (Å²) in [6.45, 7) is 6.75. The van der Waals surface area contributed by atoms with E-state index in [0.717, 1.165) is 18.7 Å². The maximum atomic E-state index is 12.1. The van der Waals surface area contributed by atoms with Gasteiger partial charge in [-0.25, -0.2) is 0 Å². The first-order valence-electron chi connectivity index (χ1n) is 7.47. The normalized spacial score (nSPS) is 15.2. The molecule has 1 saturated heterocycles. The van der Waals surface area contributed by atoms with E-state index in [1.807, 2.05) is 32.0 Å². The summed E-state index contributed by atoms with van der Waals surface area (Å²) >= 11 is 0. The fourth-order valence-corrected chi connectivity index (χ4v) is 2.31. The van der Waals surface area contributed by atoms with Crippen LogP contribution < -0.4 is 16.0 Å². The first-order valence-corrected chi connectivity index (χ1v) is 7.47. The Kier molecular flexibility index (Phi) is 7.35. The summed E-state index contributed by atoms with van der Waals surface area (Å²) in [5.41, 5.74) is 1.56. The van der Waals surface area contributed by atoms with Crippen LogP contribution in [-0.4, -0.2) is 31.4 Å². The molecule has 6 heteroatoms. The van der Waals surface area contributed by atoms with Crippen molar-refractivity contribution in [3.05, 3.63) is 35.4 Å². The molecule has 0 spiro atoms. The standard InChI is InChI=1S/C16H23N3O2.ClH/c1-3-18-16(21)13-6-4-5-12(7-13)8-19-15(20)11(2)14-9-17-10-14;/h4-7,11,14,17H,3,8-10H2,1-2H3,(H,18,21)(H,19,20);1H. The van der Waals surface area contributed by atoms with Crippen LogP contribution >= 0.6 is 12.4 Å². The van der Waals surface area contributed by atoms with Crippen molar-refractivity contribution in [3.8, 4) is 0 Å². The Bertz CT molecular complexity index is 518. The van der Waals surface area contributed by atoms with Crippen molar-refractivity contribution in [1.29, 1.82) is 0 Å².